The molecule has 1 aromatic carbocycles. The molecular weight excluding hydrogens is 224 g/mol. The predicted octanol–water partition coefficient (Wildman–Crippen LogP) is 2.58. The number of nitriles is 2. The van der Waals surface area contributed by atoms with Crippen LogP contribution in [0.1, 0.15) is 18.9 Å². The van der Waals surface area contributed by atoms with Crippen molar-refractivity contribution in [1.29, 1.82) is 10.5 Å². The Morgan fingerprint density at radius 3 is 2.24 bits per heavy atom. The second-order valence-corrected chi connectivity index (χ2v) is 3.39. The van der Waals surface area contributed by atoms with E-state index in [4.69, 9.17) is 10.5 Å². The lowest BCUT2D eigenvalue weighted by Crippen LogP contribution is -2.26. The van der Waals surface area contributed by atoms with E-state index in [0.717, 1.165) is 12.1 Å². The van der Waals surface area contributed by atoms with E-state index in [9.17, 15) is 8.78 Å². The minimum atomic E-state index is -0.777. The molecule has 0 atom stereocenters. The Morgan fingerprint density at radius 1 is 1.24 bits per heavy atom. The summed E-state index contributed by atoms with van der Waals surface area (Å²) in [7, 11) is 0. The quantitative estimate of drug-likeness (QED) is 0.805. The fourth-order valence-corrected chi connectivity index (χ4v) is 1.55. The molecule has 0 aliphatic carbocycles. The molecule has 1 rings (SSSR count). The van der Waals surface area contributed by atoms with Crippen molar-refractivity contribution in [2.24, 2.45) is 0 Å². The average molecular weight is 235 g/mol. The molecule has 5 heteroatoms. The Hall–Kier alpha value is -2.14. The lowest BCUT2D eigenvalue weighted by Gasteiger charge is -2.22. The van der Waals surface area contributed by atoms with Gasteiger partial charge in [-0.05, 0) is 19.1 Å². The largest absolute Gasteiger partial charge is 0.366 e. The number of rotatable bonds is 4. The summed E-state index contributed by atoms with van der Waals surface area (Å²) < 4.78 is 27.3. The maximum atomic E-state index is 13.6. The summed E-state index contributed by atoms with van der Waals surface area (Å²) in [6, 6.07) is 5.60. The number of hydrogen-bond donors (Lipinski definition) is 0. The molecule has 0 spiro atoms. The predicted molar refractivity (Wildman–Crippen MR) is 59.2 cm³/mol. The van der Waals surface area contributed by atoms with Crippen molar-refractivity contribution in [1.82, 2.24) is 0 Å². The van der Waals surface area contributed by atoms with Gasteiger partial charge in [-0.2, -0.15) is 10.5 Å². The van der Waals surface area contributed by atoms with Gasteiger partial charge in [0.15, 0.2) is 11.6 Å². The van der Waals surface area contributed by atoms with Gasteiger partial charge < -0.3 is 4.90 Å². The van der Waals surface area contributed by atoms with Gasteiger partial charge in [0, 0.05) is 13.1 Å². The Kier molecular flexibility index (Phi) is 4.42. The number of halogens is 2. The molecule has 0 unspecified atom stereocenters. The van der Waals surface area contributed by atoms with Crippen LogP contribution in [0, 0.1) is 34.3 Å². The zero-order valence-electron chi connectivity index (χ0n) is 9.37. The molecule has 0 amide bonds. The molecule has 0 saturated heterocycles. The first kappa shape index (κ1) is 12.9. The van der Waals surface area contributed by atoms with Gasteiger partial charge in [-0.15, -0.1) is 0 Å². The number of nitrogens with zero attached hydrogens (tertiary/aromatic N) is 3. The molecule has 0 aliphatic heterocycles. The van der Waals surface area contributed by atoms with Crippen LogP contribution in [0.2, 0.25) is 0 Å². The number of anilines is 1. The van der Waals surface area contributed by atoms with Crippen LogP contribution in [0.3, 0.4) is 0 Å². The zero-order chi connectivity index (χ0) is 12.8. The molecule has 0 aromatic heterocycles. The highest BCUT2D eigenvalue weighted by Gasteiger charge is 2.16. The maximum Gasteiger partial charge on any atom is 0.150 e. The van der Waals surface area contributed by atoms with Gasteiger partial charge in [-0.25, -0.2) is 8.78 Å². The molecule has 0 saturated carbocycles. The zero-order valence-corrected chi connectivity index (χ0v) is 9.37. The van der Waals surface area contributed by atoms with E-state index in [2.05, 4.69) is 0 Å². The van der Waals surface area contributed by atoms with Crippen molar-refractivity contribution in [2.75, 3.05) is 18.0 Å². The highest BCUT2D eigenvalue weighted by Crippen LogP contribution is 2.24. The molecule has 0 fully saturated rings. The van der Waals surface area contributed by atoms with E-state index < -0.39 is 11.6 Å². The molecule has 0 radical (unpaired) electrons. The fourth-order valence-electron chi connectivity index (χ4n) is 1.55. The normalized spacial score (nSPS) is 9.47. The Balaban J connectivity index is 3.12. The smallest absolute Gasteiger partial charge is 0.150 e. The summed E-state index contributed by atoms with van der Waals surface area (Å²) in [6.45, 7) is 2.39. The second-order valence-electron chi connectivity index (χ2n) is 3.39. The Morgan fingerprint density at radius 2 is 1.82 bits per heavy atom. The first-order valence-corrected chi connectivity index (χ1v) is 5.15. The Labute approximate surface area is 98.5 Å². The molecule has 3 nitrogen and oxygen atoms in total. The van der Waals surface area contributed by atoms with Crippen LogP contribution in [0.15, 0.2) is 12.1 Å². The van der Waals surface area contributed by atoms with Crippen molar-refractivity contribution < 1.29 is 8.78 Å². The number of hydrogen-bond acceptors (Lipinski definition) is 3. The lowest BCUT2D eigenvalue weighted by molar-refractivity contribution is 0.571. The van der Waals surface area contributed by atoms with E-state index in [1.165, 1.54) is 4.90 Å². The summed E-state index contributed by atoms with van der Waals surface area (Å²) in [4.78, 5) is 1.44. The van der Waals surface area contributed by atoms with Crippen molar-refractivity contribution in [3.05, 3.63) is 29.3 Å². The molecule has 17 heavy (non-hydrogen) atoms. The van der Waals surface area contributed by atoms with Gasteiger partial charge in [0.1, 0.15) is 5.69 Å². The summed E-state index contributed by atoms with van der Waals surface area (Å²) in [5, 5.41) is 17.0. The van der Waals surface area contributed by atoms with Crippen LogP contribution in [-0.4, -0.2) is 13.1 Å². The van der Waals surface area contributed by atoms with E-state index >= 15 is 0 Å². The van der Waals surface area contributed by atoms with Gasteiger partial charge in [-0.1, -0.05) is 0 Å². The molecule has 0 N–H and O–H groups in total. The first-order chi connectivity index (χ1) is 8.13. The summed E-state index contributed by atoms with van der Waals surface area (Å²) >= 11 is 0. The van der Waals surface area contributed by atoms with Crippen LogP contribution < -0.4 is 4.90 Å². The summed E-state index contributed by atoms with van der Waals surface area (Å²) in [6.07, 6.45) is 0.187. The molecule has 88 valence electrons. The summed E-state index contributed by atoms with van der Waals surface area (Å²) in [5.41, 5.74) is -0.234. The molecule has 0 heterocycles. The highest BCUT2D eigenvalue weighted by molar-refractivity contribution is 5.52. The van der Waals surface area contributed by atoms with Crippen LogP contribution in [-0.2, 0) is 0 Å². The van der Waals surface area contributed by atoms with Gasteiger partial charge >= 0.3 is 0 Å². The van der Waals surface area contributed by atoms with E-state index in [-0.39, 0.29) is 24.2 Å². The molecule has 0 aliphatic rings. The van der Waals surface area contributed by atoms with Crippen LogP contribution >= 0.6 is 0 Å². The highest BCUT2D eigenvalue weighted by atomic mass is 19.1. The van der Waals surface area contributed by atoms with Gasteiger partial charge in [0.05, 0.1) is 24.1 Å². The summed E-state index contributed by atoms with van der Waals surface area (Å²) in [5.74, 6) is -1.55. The third-order valence-electron chi connectivity index (χ3n) is 2.34. The standard InChI is InChI=1S/C12H11F2N3/c1-2-17(5-3-4-15)12-10(13)6-9(8-16)7-11(12)14/h6-7H,2-3,5H2,1H3. The third-order valence-corrected chi connectivity index (χ3v) is 2.34. The van der Waals surface area contributed by atoms with Crippen LogP contribution in [0.5, 0.6) is 0 Å². The first-order valence-electron chi connectivity index (χ1n) is 5.15. The number of benzene rings is 1. The second kappa shape index (κ2) is 5.81. The minimum absolute atomic E-state index is 0.0555. The molecular formula is C12H11F2N3. The Bertz CT molecular complexity index is 462. The monoisotopic (exact) mass is 235 g/mol. The van der Waals surface area contributed by atoms with E-state index in [0.29, 0.717) is 6.54 Å². The maximum absolute atomic E-state index is 13.6. The fraction of sp³-hybridized carbons (Fsp3) is 0.333. The van der Waals surface area contributed by atoms with Gasteiger partial charge in [0.25, 0.3) is 0 Å². The van der Waals surface area contributed by atoms with Crippen LogP contribution in [0.4, 0.5) is 14.5 Å². The lowest BCUT2D eigenvalue weighted by atomic mass is 10.2. The van der Waals surface area contributed by atoms with Crippen molar-refractivity contribution in [2.45, 2.75) is 13.3 Å². The SMILES string of the molecule is CCN(CCC#N)c1c(F)cc(C#N)cc1F. The topological polar surface area (TPSA) is 50.8 Å². The third kappa shape index (κ3) is 2.92. The average Bonchev–Trinajstić information content (AvgIpc) is 2.32. The molecule has 0 bridgehead atoms. The van der Waals surface area contributed by atoms with Crippen molar-refractivity contribution in [3.63, 3.8) is 0 Å². The van der Waals surface area contributed by atoms with Crippen molar-refractivity contribution >= 4 is 5.69 Å². The molecule has 1 aromatic rings. The van der Waals surface area contributed by atoms with E-state index in [1.54, 1.807) is 13.0 Å². The van der Waals surface area contributed by atoms with Crippen molar-refractivity contribution in [3.8, 4) is 12.1 Å². The van der Waals surface area contributed by atoms with Gasteiger partial charge in [-0.3, -0.25) is 0 Å². The van der Waals surface area contributed by atoms with E-state index in [1.807, 2.05) is 6.07 Å². The van der Waals surface area contributed by atoms with Gasteiger partial charge in [0.2, 0.25) is 0 Å². The minimum Gasteiger partial charge on any atom is -0.366 e. The van der Waals surface area contributed by atoms with Crippen LogP contribution in [0.25, 0.3) is 0 Å².